The van der Waals surface area contributed by atoms with Gasteiger partial charge in [0.25, 0.3) is 0 Å². The maximum atomic E-state index is 5.89. The summed E-state index contributed by atoms with van der Waals surface area (Å²) in [4.78, 5) is 4.83. The molecule has 0 spiro atoms. The maximum absolute atomic E-state index is 5.89. The van der Waals surface area contributed by atoms with E-state index in [1.807, 2.05) is 12.1 Å². The number of imidazole rings is 1. The van der Waals surface area contributed by atoms with Crippen molar-refractivity contribution >= 4 is 39.3 Å². The molecule has 4 heteroatoms. The Morgan fingerprint density at radius 3 is 2.70 bits per heavy atom. The molecule has 1 aliphatic rings. The molecule has 2 aromatic carbocycles. The van der Waals surface area contributed by atoms with Gasteiger partial charge >= 0.3 is 0 Å². The summed E-state index contributed by atoms with van der Waals surface area (Å²) in [5.74, 6) is 1.77. The van der Waals surface area contributed by atoms with Crippen LogP contribution in [0.25, 0.3) is 16.7 Å². The van der Waals surface area contributed by atoms with Crippen molar-refractivity contribution in [3.05, 3.63) is 51.9 Å². The van der Waals surface area contributed by atoms with E-state index >= 15 is 0 Å². The van der Waals surface area contributed by atoms with Gasteiger partial charge in [-0.15, -0.1) is 0 Å². The number of halogens is 1. The zero-order valence-electron chi connectivity index (χ0n) is 10.9. The summed E-state index contributed by atoms with van der Waals surface area (Å²) in [6.45, 7) is 0. The smallest absolute Gasteiger partial charge is 0.117 e. The third-order valence-electron chi connectivity index (χ3n) is 3.74. The predicted molar refractivity (Wildman–Crippen MR) is 90.2 cm³/mol. The van der Waals surface area contributed by atoms with Gasteiger partial charge in [0, 0.05) is 15.2 Å². The summed E-state index contributed by atoms with van der Waals surface area (Å²) >= 11 is 2.39. The summed E-state index contributed by atoms with van der Waals surface area (Å²) in [6.07, 6.45) is 2.48. The van der Waals surface area contributed by atoms with Crippen LogP contribution in [0, 0.1) is 3.57 Å². The second-order valence-electron chi connectivity index (χ2n) is 5.28. The molecule has 1 aliphatic carbocycles. The number of nitrogens with zero attached hydrogens (tertiary/aromatic N) is 2. The van der Waals surface area contributed by atoms with Crippen LogP contribution in [0.15, 0.2) is 42.5 Å². The van der Waals surface area contributed by atoms with E-state index in [9.17, 15) is 0 Å². The Morgan fingerprint density at radius 1 is 1.15 bits per heavy atom. The van der Waals surface area contributed by atoms with E-state index < -0.39 is 0 Å². The lowest BCUT2D eigenvalue weighted by molar-refractivity contribution is 0.893. The molecule has 0 amide bonds. The van der Waals surface area contributed by atoms with Crippen LogP contribution < -0.4 is 5.73 Å². The number of nitrogens with two attached hydrogens (primary N) is 1. The molecule has 100 valence electrons. The average molecular weight is 375 g/mol. The standard InChI is InChI=1S/C16H14IN3/c17-12-3-1-2-4-14(12)20-15-8-7-11(18)9-13(15)19-16(20)10-5-6-10/h1-4,7-10H,5-6,18H2. The first-order valence-corrected chi connectivity index (χ1v) is 7.84. The van der Waals surface area contributed by atoms with E-state index in [1.165, 1.54) is 27.9 Å². The number of benzene rings is 2. The lowest BCUT2D eigenvalue weighted by Crippen LogP contribution is -2.01. The molecular formula is C16H14IN3. The van der Waals surface area contributed by atoms with E-state index in [4.69, 9.17) is 10.7 Å². The van der Waals surface area contributed by atoms with E-state index in [0.29, 0.717) is 5.92 Å². The van der Waals surface area contributed by atoms with Gasteiger partial charge in [-0.1, -0.05) is 12.1 Å². The molecule has 0 saturated heterocycles. The highest BCUT2D eigenvalue weighted by Gasteiger charge is 2.30. The monoisotopic (exact) mass is 375 g/mol. The van der Waals surface area contributed by atoms with Crippen molar-refractivity contribution in [3.8, 4) is 5.69 Å². The van der Waals surface area contributed by atoms with Gasteiger partial charge in [0.15, 0.2) is 0 Å². The molecular weight excluding hydrogens is 361 g/mol. The second-order valence-corrected chi connectivity index (χ2v) is 6.44. The van der Waals surface area contributed by atoms with Crippen LogP contribution >= 0.6 is 22.6 Å². The molecule has 0 bridgehead atoms. The van der Waals surface area contributed by atoms with Gasteiger partial charge in [-0.3, -0.25) is 4.57 Å². The highest BCUT2D eigenvalue weighted by molar-refractivity contribution is 14.1. The summed E-state index contributed by atoms with van der Waals surface area (Å²) in [6, 6.07) is 14.4. The molecule has 0 radical (unpaired) electrons. The topological polar surface area (TPSA) is 43.8 Å². The van der Waals surface area contributed by atoms with Crippen molar-refractivity contribution in [1.29, 1.82) is 0 Å². The zero-order chi connectivity index (χ0) is 13.7. The van der Waals surface area contributed by atoms with Crippen molar-refractivity contribution in [2.75, 3.05) is 5.73 Å². The van der Waals surface area contributed by atoms with Gasteiger partial charge < -0.3 is 5.73 Å². The Bertz CT molecular complexity index is 803. The van der Waals surface area contributed by atoms with Crippen molar-refractivity contribution in [2.45, 2.75) is 18.8 Å². The molecule has 20 heavy (non-hydrogen) atoms. The number of fused-ring (bicyclic) bond motifs is 1. The second kappa shape index (κ2) is 4.48. The summed E-state index contributed by atoms with van der Waals surface area (Å²) in [5.41, 5.74) is 10.0. The first-order chi connectivity index (χ1) is 9.74. The van der Waals surface area contributed by atoms with Gasteiger partial charge in [-0.05, 0) is 65.8 Å². The maximum Gasteiger partial charge on any atom is 0.117 e. The Balaban J connectivity index is 2.06. The molecule has 3 nitrogen and oxygen atoms in total. The Labute approximate surface area is 130 Å². The van der Waals surface area contributed by atoms with E-state index in [0.717, 1.165) is 16.7 Å². The number of rotatable bonds is 2. The van der Waals surface area contributed by atoms with E-state index in [2.05, 4.69) is 57.5 Å². The van der Waals surface area contributed by atoms with Crippen molar-refractivity contribution in [3.63, 3.8) is 0 Å². The minimum atomic E-state index is 0.597. The lowest BCUT2D eigenvalue weighted by atomic mass is 10.2. The summed E-state index contributed by atoms with van der Waals surface area (Å²) in [5, 5.41) is 0. The molecule has 1 aromatic heterocycles. The van der Waals surface area contributed by atoms with E-state index in [-0.39, 0.29) is 0 Å². The van der Waals surface area contributed by atoms with Crippen LogP contribution in [0.4, 0.5) is 5.69 Å². The Kier molecular flexibility index (Phi) is 2.73. The SMILES string of the molecule is Nc1ccc2c(c1)nc(C1CC1)n2-c1ccccc1I. The van der Waals surface area contributed by atoms with Crippen molar-refractivity contribution < 1.29 is 0 Å². The summed E-state index contributed by atoms with van der Waals surface area (Å²) in [7, 11) is 0. The molecule has 1 saturated carbocycles. The molecule has 4 rings (SSSR count). The molecule has 0 unspecified atom stereocenters. The number of nitrogen functional groups attached to an aromatic ring is 1. The first-order valence-electron chi connectivity index (χ1n) is 6.77. The average Bonchev–Trinajstić information content (AvgIpc) is 3.21. The van der Waals surface area contributed by atoms with Gasteiger partial charge in [0.1, 0.15) is 5.82 Å². The van der Waals surface area contributed by atoms with Crippen molar-refractivity contribution in [1.82, 2.24) is 9.55 Å². The largest absolute Gasteiger partial charge is 0.399 e. The van der Waals surface area contributed by atoms with Crippen LogP contribution in [0.2, 0.25) is 0 Å². The quantitative estimate of drug-likeness (QED) is 0.542. The van der Waals surface area contributed by atoms with Crippen LogP contribution in [0.5, 0.6) is 0 Å². The van der Waals surface area contributed by atoms with Crippen LogP contribution in [0.1, 0.15) is 24.6 Å². The predicted octanol–water partition coefficient (Wildman–Crippen LogP) is 4.09. The van der Waals surface area contributed by atoms with Gasteiger partial charge in [-0.25, -0.2) is 4.98 Å². The van der Waals surface area contributed by atoms with E-state index in [1.54, 1.807) is 0 Å². The number of hydrogen-bond acceptors (Lipinski definition) is 2. The normalized spacial score (nSPS) is 14.8. The minimum Gasteiger partial charge on any atom is -0.399 e. The fourth-order valence-corrected chi connectivity index (χ4v) is 3.25. The summed E-state index contributed by atoms with van der Waals surface area (Å²) < 4.78 is 3.54. The third-order valence-corrected chi connectivity index (χ3v) is 4.65. The lowest BCUT2D eigenvalue weighted by Gasteiger charge is -2.10. The van der Waals surface area contributed by atoms with Gasteiger partial charge in [-0.2, -0.15) is 0 Å². The first kappa shape index (κ1) is 12.2. The van der Waals surface area contributed by atoms with Crippen LogP contribution in [0.3, 0.4) is 0 Å². The van der Waals surface area contributed by atoms with Gasteiger partial charge in [0.05, 0.1) is 16.7 Å². The van der Waals surface area contributed by atoms with Gasteiger partial charge in [0.2, 0.25) is 0 Å². The van der Waals surface area contributed by atoms with Crippen LogP contribution in [-0.2, 0) is 0 Å². The molecule has 0 atom stereocenters. The highest BCUT2D eigenvalue weighted by atomic mass is 127. The molecule has 1 heterocycles. The number of hydrogen-bond donors (Lipinski definition) is 1. The molecule has 3 aromatic rings. The number of para-hydroxylation sites is 1. The number of anilines is 1. The minimum absolute atomic E-state index is 0.597. The Morgan fingerprint density at radius 2 is 1.95 bits per heavy atom. The fourth-order valence-electron chi connectivity index (χ4n) is 2.62. The number of aromatic nitrogens is 2. The molecule has 2 N–H and O–H groups in total. The zero-order valence-corrected chi connectivity index (χ0v) is 13.0. The fraction of sp³-hybridized carbons (Fsp3) is 0.188. The van der Waals surface area contributed by atoms with Crippen molar-refractivity contribution in [2.24, 2.45) is 0 Å². The Hall–Kier alpha value is -1.56. The third kappa shape index (κ3) is 1.90. The molecule has 0 aliphatic heterocycles. The van der Waals surface area contributed by atoms with Crippen LogP contribution in [-0.4, -0.2) is 9.55 Å². The highest BCUT2D eigenvalue weighted by Crippen LogP contribution is 2.42. The molecule has 1 fully saturated rings.